The third kappa shape index (κ3) is 4.53. The maximum Gasteiger partial charge on any atom is 0.283 e. The maximum atomic E-state index is 13.3. The Morgan fingerprint density at radius 2 is 1.91 bits per heavy atom. The summed E-state index contributed by atoms with van der Waals surface area (Å²) in [4.78, 5) is 31.8. The third-order valence-corrected chi connectivity index (χ3v) is 5.99. The zero-order valence-electron chi connectivity index (χ0n) is 18.4. The molecular weight excluding hydrogens is 456 g/mol. The lowest BCUT2D eigenvalue weighted by Gasteiger charge is -2.17. The summed E-state index contributed by atoms with van der Waals surface area (Å²) in [5.74, 6) is 1.69. The Morgan fingerprint density at radius 3 is 2.68 bits per heavy atom. The molecule has 0 aliphatic carbocycles. The molecule has 3 aromatic rings. The number of carbonyl (C=O) groups excluding carboxylic acids is 2. The first-order valence-electron chi connectivity index (χ1n) is 10.4. The van der Waals surface area contributed by atoms with Crippen molar-refractivity contribution in [3.05, 3.63) is 71.1 Å². The minimum absolute atomic E-state index is 0.0394. The molecule has 10 heteroatoms. The van der Waals surface area contributed by atoms with E-state index in [9.17, 15) is 9.59 Å². The number of amides is 2. The molecule has 0 unspecified atom stereocenters. The van der Waals surface area contributed by atoms with E-state index in [0.29, 0.717) is 33.9 Å². The molecule has 1 N–H and O–H groups in total. The highest BCUT2D eigenvalue weighted by atomic mass is 32.2. The first kappa shape index (κ1) is 21.8. The quantitative estimate of drug-likeness (QED) is 0.552. The molecule has 0 fully saturated rings. The monoisotopic (exact) mass is 476 g/mol. The summed E-state index contributed by atoms with van der Waals surface area (Å²) < 4.78 is 15.7. The molecule has 1 aromatic heterocycles. The number of aryl methyl sites for hydroxylation is 2. The summed E-state index contributed by atoms with van der Waals surface area (Å²) in [5, 5.41) is 6.84. The summed E-state index contributed by atoms with van der Waals surface area (Å²) in [6.45, 7) is 3.88. The SMILES string of the molecule is Cc1ccc(N2C(=O)/C(=C\c3ccc4c(c3)OCO4)N=C2SCC(=O)Nc2cc(C)on2)cc1. The van der Waals surface area contributed by atoms with Gasteiger partial charge in [-0.3, -0.25) is 14.5 Å². The van der Waals surface area contributed by atoms with Gasteiger partial charge >= 0.3 is 0 Å². The van der Waals surface area contributed by atoms with Crippen LogP contribution in [0.4, 0.5) is 11.5 Å². The van der Waals surface area contributed by atoms with E-state index < -0.39 is 0 Å². The molecule has 9 nitrogen and oxygen atoms in total. The zero-order valence-corrected chi connectivity index (χ0v) is 19.2. The van der Waals surface area contributed by atoms with Crippen LogP contribution >= 0.6 is 11.8 Å². The predicted molar refractivity (Wildman–Crippen MR) is 129 cm³/mol. The highest BCUT2D eigenvalue weighted by Crippen LogP contribution is 2.34. The van der Waals surface area contributed by atoms with Crippen LogP contribution in [0.2, 0.25) is 0 Å². The van der Waals surface area contributed by atoms with Gasteiger partial charge in [0.15, 0.2) is 22.5 Å². The number of thioether (sulfide) groups is 1. The van der Waals surface area contributed by atoms with Gasteiger partial charge in [0, 0.05) is 6.07 Å². The van der Waals surface area contributed by atoms with E-state index in [1.807, 2.05) is 37.3 Å². The number of carbonyl (C=O) groups is 2. The van der Waals surface area contributed by atoms with Crippen LogP contribution in [-0.4, -0.2) is 34.7 Å². The van der Waals surface area contributed by atoms with E-state index in [4.69, 9.17) is 14.0 Å². The second kappa shape index (κ2) is 9.06. The number of hydrogen-bond donors (Lipinski definition) is 1. The summed E-state index contributed by atoms with van der Waals surface area (Å²) >= 11 is 1.16. The molecule has 2 aromatic carbocycles. The number of aromatic nitrogens is 1. The normalized spacial score (nSPS) is 15.7. The number of amidine groups is 1. The lowest BCUT2D eigenvalue weighted by atomic mass is 10.1. The summed E-state index contributed by atoms with van der Waals surface area (Å²) in [6.07, 6.45) is 1.69. The van der Waals surface area contributed by atoms with Gasteiger partial charge in [0.1, 0.15) is 11.5 Å². The van der Waals surface area contributed by atoms with Gasteiger partial charge in [-0.05, 0) is 49.8 Å². The second-order valence-corrected chi connectivity index (χ2v) is 8.61. The minimum Gasteiger partial charge on any atom is -0.454 e. The van der Waals surface area contributed by atoms with Crippen molar-refractivity contribution in [2.75, 3.05) is 22.8 Å². The van der Waals surface area contributed by atoms with Crippen molar-refractivity contribution in [3.8, 4) is 11.5 Å². The largest absolute Gasteiger partial charge is 0.454 e. The second-order valence-electron chi connectivity index (χ2n) is 7.67. The predicted octanol–water partition coefficient (Wildman–Crippen LogP) is 4.14. The Balaban J connectivity index is 1.39. The van der Waals surface area contributed by atoms with E-state index in [0.717, 1.165) is 22.9 Å². The molecule has 2 aliphatic rings. The number of rotatable bonds is 5. The number of nitrogens with zero attached hydrogens (tertiary/aromatic N) is 3. The van der Waals surface area contributed by atoms with E-state index >= 15 is 0 Å². The Morgan fingerprint density at radius 1 is 1.12 bits per heavy atom. The van der Waals surface area contributed by atoms with Gasteiger partial charge in [0.05, 0.1) is 11.4 Å². The average Bonchev–Trinajstić information content (AvgIpc) is 3.52. The number of ether oxygens (including phenoxy) is 2. The Labute approximate surface area is 199 Å². The first-order valence-corrected chi connectivity index (χ1v) is 11.4. The van der Waals surface area contributed by atoms with Crippen molar-refractivity contribution >= 4 is 46.3 Å². The van der Waals surface area contributed by atoms with Crippen LogP contribution < -0.4 is 19.7 Å². The van der Waals surface area contributed by atoms with Gasteiger partial charge < -0.3 is 19.3 Å². The summed E-state index contributed by atoms with van der Waals surface area (Å²) in [7, 11) is 0. The fourth-order valence-corrected chi connectivity index (χ4v) is 4.22. The number of nitrogens with one attached hydrogen (secondary N) is 1. The van der Waals surface area contributed by atoms with Crippen molar-refractivity contribution in [2.24, 2.45) is 4.99 Å². The number of hydrogen-bond acceptors (Lipinski definition) is 8. The number of fused-ring (bicyclic) bond motifs is 1. The van der Waals surface area contributed by atoms with Crippen LogP contribution in [-0.2, 0) is 9.59 Å². The molecule has 5 rings (SSSR count). The number of benzene rings is 2. The fraction of sp³-hybridized carbons (Fsp3) is 0.167. The maximum absolute atomic E-state index is 13.3. The van der Waals surface area contributed by atoms with Gasteiger partial charge in [-0.15, -0.1) is 0 Å². The Hall–Kier alpha value is -4.05. The number of anilines is 2. The van der Waals surface area contributed by atoms with Crippen LogP contribution in [0, 0.1) is 13.8 Å². The van der Waals surface area contributed by atoms with Crippen molar-refractivity contribution in [2.45, 2.75) is 13.8 Å². The molecule has 0 bridgehead atoms. The molecule has 34 heavy (non-hydrogen) atoms. The van der Waals surface area contributed by atoms with Gasteiger partial charge in [-0.1, -0.05) is 40.7 Å². The Kier molecular flexibility index (Phi) is 5.81. The molecular formula is C24H20N4O5S. The van der Waals surface area contributed by atoms with Gasteiger partial charge in [-0.25, -0.2) is 4.99 Å². The first-order chi connectivity index (χ1) is 16.5. The van der Waals surface area contributed by atoms with Gasteiger partial charge in [0.25, 0.3) is 5.91 Å². The minimum atomic E-state index is -0.287. The third-order valence-electron chi connectivity index (χ3n) is 5.05. The van der Waals surface area contributed by atoms with E-state index in [-0.39, 0.29) is 30.1 Å². The molecule has 0 spiro atoms. The van der Waals surface area contributed by atoms with Gasteiger partial charge in [-0.2, -0.15) is 0 Å². The summed E-state index contributed by atoms with van der Waals surface area (Å²) in [5.41, 5.74) is 2.75. The number of aliphatic imine (C=N–C) groups is 1. The fourth-order valence-electron chi connectivity index (χ4n) is 3.41. The highest BCUT2D eigenvalue weighted by molar-refractivity contribution is 8.14. The van der Waals surface area contributed by atoms with Crippen LogP contribution in [0.3, 0.4) is 0 Å². The molecule has 0 saturated heterocycles. The Bertz CT molecular complexity index is 1330. The van der Waals surface area contributed by atoms with E-state index in [1.54, 1.807) is 31.2 Å². The van der Waals surface area contributed by atoms with Crippen molar-refractivity contribution < 1.29 is 23.6 Å². The topological polar surface area (TPSA) is 106 Å². The van der Waals surface area contributed by atoms with E-state index in [2.05, 4.69) is 15.5 Å². The average molecular weight is 477 g/mol. The van der Waals surface area contributed by atoms with Gasteiger partial charge in [0.2, 0.25) is 12.7 Å². The molecule has 2 aliphatic heterocycles. The molecule has 3 heterocycles. The van der Waals surface area contributed by atoms with E-state index in [1.165, 1.54) is 4.90 Å². The smallest absolute Gasteiger partial charge is 0.283 e. The van der Waals surface area contributed by atoms with Crippen LogP contribution in [0.25, 0.3) is 6.08 Å². The molecule has 0 atom stereocenters. The molecule has 0 radical (unpaired) electrons. The molecule has 172 valence electrons. The zero-order chi connectivity index (χ0) is 23.7. The lowest BCUT2D eigenvalue weighted by molar-refractivity contribution is -0.114. The standard InChI is InChI=1S/C24H20N4O5S/c1-14-3-6-17(7-4-14)28-23(30)18(10-16-5-8-19-20(11-16)32-13-31-19)25-24(28)34-12-22(29)26-21-9-15(2)33-27-21/h3-11H,12-13H2,1-2H3,(H,26,27,29)/b18-10+. The van der Waals surface area contributed by atoms with Crippen molar-refractivity contribution in [3.63, 3.8) is 0 Å². The highest BCUT2D eigenvalue weighted by Gasteiger charge is 2.32. The van der Waals surface area contributed by atoms with Crippen molar-refractivity contribution in [1.29, 1.82) is 0 Å². The summed E-state index contributed by atoms with van der Waals surface area (Å²) in [6, 6.07) is 14.6. The lowest BCUT2D eigenvalue weighted by Crippen LogP contribution is -2.31. The molecule has 0 saturated carbocycles. The van der Waals surface area contributed by atoms with Crippen LogP contribution in [0.5, 0.6) is 11.5 Å². The van der Waals surface area contributed by atoms with Crippen LogP contribution in [0.15, 0.2) is 63.7 Å². The van der Waals surface area contributed by atoms with Crippen LogP contribution in [0.1, 0.15) is 16.9 Å². The molecule has 2 amide bonds. The van der Waals surface area contributed by atoms with Crippen molar-refractivity contribution in [1.82, 2.24) is 5.16 Å².